The monoisotopic (exact) mass is 322 g/mol. The fourth-order valence-electron chi connectivity index (χ4n) is 2.38. The van der Waals surface area contributed by atoms with Crippen molar-refractivity contribution < 1.29 is 5.11 Å². The third-order valence-corrected chi connectivity index (χ3v) is 4.11. The minimum Gasteiger partial charge on any atom is -0.389 e. The number of benzene rings is 1. The van der Waals surface area contributed by atoms with Gasteiger partial charge in [0.1, 0.15) is 0 Å². The number of aliphatic hydroxyl groups excluding tert-OH is 1. The van der Waals surface area contributed by atoms with Crippen LogP contribution < -0.4 is 0 Å². The summed E-state index contributed by atoms with van der Waals surface area (Å²) >= 11 is 3.57. The minimum atomic E-state index is -0.461. The fourth-order valence-corrected chi connectivity index (χ4v) is 2.94. The molecular weight excluding hydrogens is 304 g/mol. The number of nitrogens with zero attached hydrogens (tertiary/aromatic N) is 2. The van der Waals surface area contributed by atoms with E-state index in [9.17, 15) is 5.11 Å². The summed E-state index contributed by atoms with van der Waals surface area (Å²) in [6.45, 7) is 8.04. The van der Waals surface area contributed by atoms with Gasteiger partial charge in [-0.1, -0.05) is 13.0 Å². The van der Waals surface area contributed by atoms with Gasteiger partial charge in [-0.3, -0.25) is 0 Å². The SMILES string of the molecule is CCc1c(C)nn(-c2ccc(C(C)O)cc2Br)c1C. The van der Waals surface area contributed by atoms with Crippen molar-refractivity contribution in [1.29, 1.82) is 0 Å². The Hall–Kier alpha value is -1.13. The first kappa shape index (κ1) is 14.3. The summed E-state index contributed by atoms with van der Waals surface area (Å²) in [7, 11) is 0. The summed E-state index contributed by atoms with van der Waals surface area (Å²) in [4.78, 5) is 0. The molecule has 2 rings (SSSR count). The highest BCUT2D eigenvalue weighted by Crippen LogP contribution is 2.27. The lowest BCUT2D eigenvalue weighted by Crippen LogP contribution is -2.02. The molecule has 1 N–H and O–H groups in total. The molecule has 0 amide bonds. The molecule has 1 aromatic heterocycles. The summed E-state index contributed by atoms with van der Waals surface area (Å²) in [5, 5.41) is 14.2. The van der Waals surface area contributed by atoms with E-state index in [-0.39, 0.29) is 0 Å². The molecule has 0 aliphatic carbocycles. The topological polar surface area (TPSA) is 38.0 Å². The molecule has 1 unspecified atom stereocenters. The number of halogens is 1. The summed E-state index contributed by atoms with van der Waals surface area (Å²) in [6, 6.07) is 5.87. The Morgan fingerprint density at radius 2 is 2.05 bits per heavy atom. The van der Waals surface area contributed by atoms with Crippen LogP contribution >= 0.6 is 15.9 Å². The van der Waals surface area contributed by atoms with Crippen LogP contribution in [0.5, 0.6) is 0 Å². The lowest BCUT2D eigenvalue weighted by Gasteiger charge is -2.11. The van der Waals surface area contributed by atoms with Crippen LogP contribution in [0.4, 0.5) is 0 Å². The second-order valence-corrected chi connectivity index (χ2v) is 5.66. The molecule has 102 valence electrons. The largest absolute Gasteiger partial charge is 0.389 e. The van der Waals surface area contributed by atoms with Crippen LogP contribution in [0.1, 0.15) is 42.5 Å². The zero-order chi connectivity index (χ0) is 14.2. The Morgan fingerprint density at radius 3 is 2.53 bits per heavy atom. The van der Waals surface area contributed by atoms with Crippen molar-refractivity contribution in [3.8, 4) is 5.69 Å². The first-order chi connectivity index (χ1) is 8.95. The average Bonchev–Trinajstić information content (AvgIpc) is 2.64. The molecule has 3 nitrogen and oxygen atoms in total. The Balaban J connectivity index is 2.54. The summed E-state index contributed by atoms with van der Waals surface area (Å²) in [5.74, 6) is 0. The van der Waals surface area contributed by atoms with Crippen LogP contribution in [0, 0.1) is 13.8 Å². The molecular formula is C15H19BrN2O. The van der Waals surface area contributed by atoms with Crippen LogP contribution in [0.2, 0.25) is 0 Å². The fraction of sp³-hybridized carbons (Fsp3) is 0.400. The van der Waals surface area contributed by atoms with Crippen molar-refractivity contribution in [2.24, 2.45) is 0 Å². The molecule has 0 radical (unpaired) electrons. The number of aromatic nitrogens is 2. The number of aryl methyl sites for hydroxylation is 1. The highest BCUT2D eigenvalue weighted by atomic mass is 79.9. The number of rotatable bonds is 3. The zero-order valence-corrected chi connectivity index (χ0v) is 13.3. The van der Waals surface area contributed by atoms with Gasteiger partial charge in [-0.25, -0.2) is 4.68 Å². The van der Waals surface area contributed by atoms with Crippen LogP contribution in [0.25, 0.3) is 5.69 Å². The Bertz CT molecular complexity index is 602. The van der Waals surface area contributed by atoms with Crippen LogP contribution in [0.3, 0.4) is 0 Å². The first-order valence-electron chi connectivity index (χ1n) is 6.48. The molecule has 1 atom stereocenters. The van der Waals surface area contributed by atoms with Crippen LogP contribution in [-0.2, 0) is 6.42 Å². The van der Waals surface area contributed by atoms with Crippen molar-refractivity contribution in [1.82, 2.24) is 9.78 Å². The van der Waals surface area contributed by atoms with Gasteiger partial charge in [0.2, 0.25) is 0 Å². The summed E-state index contributed by atoms with van der Waals surface area (Å²) in [5.41, 5.74) is 5.45. The van der Waals surface area contributed by atoms with Gasteiger partial charge in [0.25, 0.3) is 0 Å². The normalized spacial score (nSPS) is 12.7. The molecule has 0 spiro atoms. The predicted molar refractivity (Wildman–Crippen MR) is 80.7 cm³/mol. The second kappa shape index (κ2) is 5.47. The van der Waals surface area contributed by atoms with Crippen molar-refractivity contribution in [3.63, 3.8) is 0 Å². The molecule has 2 aromatic rings. The van der Waals surface area contributed by atoms with E-state index < -0.39 is 6.10 Å². The van der Waals surface area contributed by atoms with Crippen LogP contribution in [0.15, 0.2) is 22.7 Å². The molecule has 0 aliphatic heterocycles. The van der Waals surface area contributed by atoms with E-state index in [4.69, 9.17) is 0 Å². The van der Waals surface area contributed by atoms with E-state index >= 15 is 0 Å². The predicted octanol–water partition coefficient (Wildman–Crippen LogP) is 3.87. The Labute approximate surface area is 122 Å². The smallest absolute Gasteiger partial charge is 0.0791 e. The second-order valence-electron chi connectivity index (χ2n) is 4.80. The lowest BCUT2D eigenvalue weighted by atomic mass is 10.1. The maximum Gasteiger partial charge on any atom is 0.0791 e. The quantitative estimate of drug-likeness (QED) is 0.931. The average molecular weight is 323 g/mol. The first-order valence-corrected chi connectivity index (χ1v) is 7.28. The van der Waals surface area contributed by atoms with Gasteiger partial charge < -0.3 is 5.11 Å². The molecule has 0 saturated carbocycles. The Morgan fingerprint density at radius 1 is 1.37 bits per heavy atom. The van der Waals surface area contributed by atoms with E-state index in [0.717, 1.165) is 27.8 Å². The molecule has 4 heteroatoms. The molecule has 0 aliphatic rings. The molecule has 0 saturated heterocycles. The molecule has 0 bridgehead atoms. The number of hydrogen-bond acceptors (Lipinski definition) is 2. The van der Waals surface area contributed by atoms with Gasteiger partial charge >= 0.3 is 0 Å². The standard InChI is InChI=1S/C15H19BrN2O/c1-5-13-9(2)17-18(10(13)3)15-7-6-12(11(4)19)8-14(15)16/h6-8,11,19H,5H2,1-4H3. The maximum absolute atomic E-state index is 9.61. The van der Waals surface area contributed by atoms with Crippen LogP contribution in [-0.4, -0.2) is 14.9 Å². The summed E-state index contributed by atoms with van der Waals surface area (Å²) < 4.78 is 2.91. The molecule has 1 aromatic carbocycles. The van der Waals surface area contributed by atoms with E-state index in [0.29, 0.717) is 0 Å². The van der Waals surface area contributed by atoms with E-state index in [1.54, 1.807) is 6.92 Å². The van der Waals surface area contributed by atoms with Gasteiger partial charge in [0, 0.05) is 10.2 Å². The van der Waals surface area contributed by atoms with Crippen molar-refractivity contribution in [3.05, 3.63) is 45.2 Å². The third kappa shape index (κ3) is 2.60. The van der Waals surface area contributed by atoms with E-state index in [1.165, 1.54) is 11.3 Å². The number of aliphatic hydroxyl groups is 1. The lowest BCUT2D eigenvalue weighted by molar-refractivity contribution is 0.199. The summed E-state index contributed by atoms with van der Waals surface area (Å²) in [6.07, 6.45) is 0.526. The maximum atomic E-state index is 9.61. The van der Waals surface area contributed by atoms with Gasteiger partial charge in [-0.15, -0.1) is 0 Å². The van der Waals surface area contributed by atoms with Crippen molar-refractivity contribution in [2.45, 2.75) is 40.2 Å². The zero-order valence-electron chi connectivity index (χ0n) is 11.7. The van der Waals surface area contributed by atoms with Gasteiger partial charge in [0.05, 0.1) is 17.5 Å². The van der Waals surface area contributed by atoms with Gasteiger partial charge in [0.15, 0.2) is 0 Å². The molecule has 0 fully saturated rings. The highest BCUT2D eigenvalue weighted by Gasteiger charge is 2.14. The van der Waals surface area contributed by atoms with Gasteiger partial charge in [-0.2, -0.15) is 5.10 Å². The van der Waals surface area contributed by atoms with Crippen molar-refractivity contribution in [2.75, 3.05) is 0 Å². The molecule has 1 heterocycles. The Kier molecular flexibility index (Phi) is 4.11. The van der Waals surface area contributed by atoms with E-state index in [1.807, 2.05) is 29.8 Å². The third-order valence-electron chi connectivity index (χ3n) is 3.48. The van der Waals surface area contributed by atoms with Crippen molar-refractivity contribution >= 4 is 15.9 Å². The van der Waals surface area contributed by atoms with Gasteiger partial charge in [-0.05, 0) is 66.4 Å². The van der Waals surface area contributed by atoms with E-state index in [2.05, 4.69) is 34.9 Å². The minimum absolute atomic E-state index is 0.461. The highest BCUT2D eigenvalue weighted by molar-refractivity contribution is 9.10. The number of hydrogen-bond donors (Lipinski definition) is 1. The molecule has 19 heavy (non-hydrogen) atoms.